The topological polar surface area (TPSA) is 66.4 Å². The molecule has 1 fully saturated rings. The number of nitrogens with one attached hydrogen (secondary N) is 1. The van der Waals surface area contributed by atoms with Gasteiger partial charge in [0.15, 0.2) is 0 Å². The van der Waals surface area contributed by atoms with Crippen LogP contribution in [0, 0.1) is 11.3 Å². The standard InChI is InChI=1S/C17H23NO3/c1-17(2)10-6-9-13(17)15(19)18-14(16(20)21)11-12-7-4-3-5-8-12/h3-5,7-8,13-14H,6,9-11H2,1-2H3,(H,18,19)(H,20,21)/t13?,14-/m0/s1. The van der Waals surface area contributed by atoms with Crippen molar-refractivity contribution in [3.05, 3.63) is 35.9 Å². The summed E-state index contributed by atoms with van der Waals surface area (Å²) >= 11 is 0. The van der Waals surface area contributed by atoms with Crippen molar-refractivity contribution in [2.45, 2.75) is 45.6 Å². The fourth-order valence-corrected chi connectivity index (χ4v) is 3.13. The molecule has 4 nitrogen and oxygen atoms in total. The van der Waals surface area contributed by atoms with Crippen molar-refractivity contribution in [3.63, 3.8) is 0 Å². The van der Waals surface area contributed by atoms with Crippen LogP contribution in [-0.2, 0) is 16.0 Å². The molecule has 0 radical (unpaired) electrons. The molecule has 21 heavy (non-hydrogen) atoms. The second-order valence-corrected chi connectivity index (χ2v) is 6.52. The molecule has 1 amide bonds. The predicted octanol–water partition coefficient (Wildman–Crippen LogP) is 2.62. The van der Waals surface area contributed by atoms with Gasteiger partial charge in [-0.2, -0.15) is 0 Å². The Kier molecular flexibility index (Phi) is 4.66. The van der Waals surface area contributed by atoms with Crippen molar-refractivity contribution < 1.29 is 14.7 Å². The van der Waals surface area contributed by atoms with Crippen LogP contribution in [0.2, 0.25) is 0 Å². The summed E-state index contributed by atoms with van der Waals surface area (Å²) in [5, 5.41) is 12.1. The Balaban J connectivity index is 2.03. The van der Waals surface area contributed by atoms with Crippen LogP contribution in [0.1, 0.15) is 38.7 Å². The van der Waals surface area contributed by atoms with E-state index in [2.05, 4.69) is 19.2 Å². The Hall–Kier alpha value is -1.84. The lowest BCUT2D eigenvalue weighted by molar-refractivity contribution is -0.143. The molecular formula is C17H23NO3. The number of benzene rings is 1. The molecule has 0 aromatic heterocycles. The van der Waals surface area contributed by atoms with Gasteiger partial charge in [-0.1, -0.05) is 50.6 Å². The van der Waals surface area contributed by atoms with Gasteiger partial charge in [-0.05, 0) is 23.8 Å². The van der Waals surface area contributed by atoms with E-state index in [4.69, 9.17) is 0 Å². The molecule has 1 aromatic rings. The molecular weight excluding hydrogens is 266 g/mol. The molecule has 0 saturated heterocycles. The third-order valence-electron chi connectivity index (χ3n) is 4.47. The third kappa shape index (κ3) is 3.84. The number of aliphatic carboxylic acids is 1. The van der Waals surface area contributed by atoms with Gasteiger partial charge >= 0.3 is 5.97 Å². The molecule has 0 aliphatic heterocycles. The van der Waals surface area contributed by atoms with Crippen LogP contribution in [0.4, 0.5) is 0 Å². The first-order valence-electron chi connectivity index (χ1n) is 7.47. The minimum atomic E-state index is -0.983. The molecule has 0 bridgehead atoms. The van der Waals surface area contributed by atoms with Crippen molar-refractivity contribution in [1.82, 2.24) is 5.32 Å². The van der Waals surface area contributed by atoms with Gasteiger partial charge in [0.05, 0.1) is 0 Å². The number of hydrogen-bond donors (Lipinski definition) is 2. The highest BCUT2D eigenvalue weighted by molar-refractivity contribution is 5.85. The quantitative estimate of drug-likeness (QED) is 0.875. The molecule has 114 valence electrons. The van der Waals surface area contributed by atoms with Gasteiger partial charge in [-0.3, -0.25) is 4.79 Å². The van der Waals surface area contributed by atoms with Crippen molar-refractivity contribution in [3.8, 4) is 0 Å². The molecule has 2 atom stereocenters. The monoisotopic (exact) mass is 289 g/mol. The van der Waals surface area contributed by atoms with Gasteiger partial charge in [-0.25, -0.2) is 4.79 Å². The number of carbonyl (C=O) groups excluding carboxylic acids is 1. The van der Waals surface area contributed by atoms with E-state index in [1.807, 2.05) is 30.3 Å². The maximum absolute atomic E-state index is 12.4. The molecule has 2 N–H and O–H groups in total. The van der Waals surface area contributed by atoms with Gasteiger partial charge < -0.3 is 10.4 Å². The zero-order valence-corrected chi connectivity index (χ0v) is 12.6. The fraction of sp³-hybridized carbons (Fsp3) is 0.529. The Morgan fingerprint density at radius 1 is 1.33 bits per heavy atom. The SMILES string of the molecule is CC1(C)CCCC1C(=O)N[C@@H](Cc1ccccc1)C(=O)O. The molecule has 1 aromatic carbocycles. The first kappa shape index (κ1) is 15.5. The highest BCUT2D eigenvalue weighted by Crippen LogP contribution is 2.42. The maximum Gasteiger partial charge on any atom is 0.326 e. The van der Waals surface area contributed by atoms with E-state index in [1.54, 1.807) is 0 Å². The minimum absolute atomic E-state index is 0.0418. The van der Waals surface area contributed by atoms with E-state index in [0.717, 1.165) is 24.8 Å². The highest BCUT2D eigenvalue weighted by atomic mass is 16.4. The normalized spacial score (nSPS) is 21.7. The van der Waals surface area contributed by atoms with E-state index in [-0.39, 0.29) is 17.2 Å². The highest BCUT2D eigenvalue weighted by Gasteiger charge is 2.40. The number of hydrogen-bond acceptors (Lipinski definition) is 2. The lowest BCUT2D eigenvalue weighted by Gasteiger charge is -2.27. The molecule has 1 saturated carbocycles. The zero-order chi connectivity index (χ0) is 15.5. The lowest BCUT2D eigenvalue weighted by Crippen LogP contribution is -2.46. The fourth-order valence-electron chi connectivity index (χ4n) is 3.13. The molecule has 1 aliphatic rings. The van der Waals surface area contributed by atoms with Gasteiger partial charge in [0.25, 0.3) is 0 Å². The number of carboxylic acid groups (broad SMARTS) is 1. The Bertz CT molecular complexity index is 510. The number of rotatable bonds is 5. The van der Waals surface area contributed by atoms with Crippen LogP contribution in [0.3, 0.4) is 0 Å². The predicted molar refractivity (Wildman–Crippen MR) is 80.8 cm³/mol. The van der Waals surface area contributed by atoms with E-state index in [9.17, 15) is 14.7 Å². The minimum Gasteiger partial charge on any atom is -0.480 e. The van der Waals surface area contributed by atoms with Crippen LogP contribution in [0.15, 0.2) is 30.3 Å². The molecule has 4 heteroatoms. The number of amides is 1. The van der Waals surface area contributed by atoms with Crippen LogP contribution >= 0.6 is 0 Å². The summed E-state index contributed by atoms with van der Waals surface area (Å²) in [7, 11) is 0. The summed E-state index contributed by atoms with van der Waals surface area (Å²) < 4.78 is 0. The summed E-state index contributed by atoms with van der Waals surface area (Å²) in [6, 6.07) is 8.52. The lowest BCUT2D eigenvalue weighted by atomic mass is 9.81. The van der Waals surface area contributed by atoms with Crippen molar-refractivity contribution in [2.24, 2.45) is 11.3 Å². The summed E-state index contributed by atoms with van der Waals surface area (Å²) in [5.41, 5.74) is 0.871. The van der Waals surface area contributed by atoms with E-state index >= 15 is 0 Å². The van der Waals surface area contributed by atoms with Crippen LogP contribution < -0.4 is 5.32 Å². The smallest absolute Gasteiger partial charge is 0.326 e. The van der Waals surface area contributed by atoms with E-state index in [1.165, 1.54) is 0 Å². The van der Waals surface area contributed by atoms with Crippen LogP contribution in [0.25, 0.3) is 0 Å². The first-order valence-corrected chi connectivity index (χ1v) is 7.47. The Labute approximate surface area is 125 Å². The summed E-state index contributed by atoms with van der Waals surface area (Å²) in [4.78, 5) is 23.8. The second kappa shape index (κ2) is 6.29. The maximum atomic E-state index is 12.4. The van der Waals surface area contributed by atoms with Crippen LogP contribution in [-0.4, -0.2) is 23.0 Å². The second-order valence-electron chi connectivity index (χ2n) is 6.52. The summed E-state index contributed by atoms with van der Waals surface area (Å²) in [6.07, 6.45) is 3.20. The molecule has 0 heterocycles. The molecule has 1 aliphatic carbocycles. The van der Waals surface area contributed by atoms with Crippen molar-refractivity contribution >= 4 is 11.9 Å². The first-order chi connectivity index (χ1) is 9.90. The largest absolute Gasteiger partial charge is 0.480 e. The Morgan fingerprint density at radius 3 is 2.52 bits per heavy atom. The third-order valence-corrected chi connectivity index (χ3v) is 4.47. The summed E-state index contributed by atoms with van der Waals surface area (Å²) in [6.45, 7) is 4.16. The number of carbonyl (C=O) groups is 2. The van der Waals surface area contributed by atoms with Crippen LogP contribution in [0.5, 0.6) is 0 Å². The average molecular weight is 289 g/mol. The van der Waals surface area contributed by atoms with Crippen molar-refractivity contribution in [2.75, 3.05) is 0 Å². The molecule has 2 rings (SSSR count). The zero-order valence-electron chi connectivity index (χ0n) is 12.6. The van der Waals surface area contributed by atoms with Gasteiger partial charge in [0.1, 0.15) is 6.04 Å². The van der Waals surface area contributed by atoms with Gasteiger partial charge in [0.2, 0.25) is 5.91 Å². The van der Waals surface area contributed by atoms with E-state index < -0.39 is 12.0 Å². The Morgan fingerprint density at radius 2 is 2.00 bits per heavy atom. The van der Waals surface area contributed by atoms with Gasteiger partial charge in [0, 0.05) is 12.3 Å². The number of carboxylic acids is 1. The summed E-state index contributed by atoms with van der Waals surface area (Å²) in [5.74, 6) is -1.20. The van der Waals surface area contributed by atoms with Crippen molar-refractivity contribution in [1.29, 1.82) is 0 Å². The molecule has 0 spiro atoms. The van der Waals surface area contributed by atoms with E-state index in [0.29, 0.717) is 6.42 Å². The average Bonchev–Trinajstić information content (AvgIpc) is 2.78. The molecule has 1 unspecified atom stereocenters. The van der Waals surface area contributed by atoms with Gasteiger partial charge in [-0.15, -0.1) is 0 Å².